The molecule has 5 rings (SSSR count). The van der Waals surface area contributed by atoms with Crippen molar-refractivity contribution < 1.29 is 14.4 Å². The van der Waals surface area contributed by atoms with Crippen LogP contribution in [0.4, 0.5) is 4.79 Å². The number of aromatic nitrogens is 2. The Morgan fingerprint density at radius 3 is 2.59 bits per heavy atom. The molecule has 2 saturated heterocycles. The molecule has 0 spiro atoms. The highest BCUT2D eigenvalue weighted by molar-refractivity contribution is 6.07. The van der Waals surface area contributed by atoms with E-state index in [4.69, 9.17) is 0 Å². The molecule has 0 unspecified atom stereocenters. The number of likely N-dealkylation sites (tertiary alicyclic amines) is 1. The van der Waals surface area contributed by atoms with Crippen LogP contribution in [-0.4, -0.2) is 45.6 Å². The molecule has 8 heteroatoms. The van der Waals surface area contributed by atoms with Gasteiger partial charge in [0.05, 0.1) is 17.8 Å². The highest BCUT2D eigenvalue weighted by atomic mass is 16.2. The van der Waals surface area contributed by atoms with E-state index in [0.717, 1.165) is 17.3 Å². The quantitative estimate of drug-likeness (QED) is 0.624. The largest absolute Gasteiger partial charge is 0.336 e. The number of carbonyl (C=O) groups excluding carboxylic acids is 3. The lowest BCUT2D eigenvalue weighted by molar-refractivity contribution is -0.123. The van der Waals surface area contributed by atoms with Crippen molar-refractivity contribution in [3.05, 3.63) is 64.8 Å². The molecule has 2 fully saturated rings. The van der Waals surface area contributed by atoms with E-state index >= 15 is 0 Å². The van der Waals surface area contributed by atoms with Crippen LogP contribution in [0.1, 0.15) is 46.4 Å². The number of rotatable bonds is 3. The number of nitrogens with zero attached hydrogens (tertiary/aromatic N) is 3. The van der Waals surface area contributed by atoms with Crippen LogP contribution < -0.4 is 10.6 Å². The second kappa shape index (κ2) is 7.19. The van der Waals surface area contributed by atoms with Crippen molar-refractivity contribution in [2.75, 3.05) is 13.1 Å². The Bertz CT molecular complexity index is 1260. The van der Waals surface area contributed by atoms with Gasteiger partial charge in [0.25, 0.3) is 11.8 Å². The van der Waals surface area contributed by atoms with Gasteiger partial charge >= 0.3 is 6.03 Å². The van der Waals surface area contributed by atoms with E-state index in [1.165, 1.54) is 11.1 Å². The lowest BCUT2D eigenvalue weighted by atomic mass is 9.91. The number of amides is 4. The smallest absolute Gasteiger partial charge is 0.322 e. The van der Waals surface area contributed by atoms with Crippen LogP contribution in [0.3, 0.4) is 0 Å². The van der Waals surface area contributed by atoms with Crippen molar-refractivity contribution in [3.63, 3.8) is 0 Å². The average Bonchev–Trinajstić information content (AvgIpc) is 3.45. The third-order valence-corrected chi connectivity index (χ3v) is 6.58. The van der Waals surface area contributed by atoms with Gasteiger partial charge in [0, 0.05) is 24.0 Å². The number of hydrogen-bond donors (Lipinski definition) is 2. The lowest BCUT2D eigenvalue weighted by Gasteiger charge is -2.22. The van der Waals surface area contributed by atoms with Crippen molar-refractivity contribution in [2.45, 2.75) is 38.8 Å². The van der Waals surface area contributed by atoms with Gasteiger partial charge in [0.2, 0.25) is 0 Å². The molecule has 0 aliphatic carbocycles. The Kier molecular flexibility index (Phi) is 4.54. The minimum Gasteiger partial charge on any atom is -0.336 e. The number of aryl methyl sites for hydroxylation is 2. The molecule has 2 atom stereocenters. The van der Waals surface area contributed by atoms with Crippen LogP contribution in [0.2, 0.25) is 0 Å². The minimum absolute atomic E-state index is 0.0480. The topological polar surface area (TPSA) is 96.3 Å². The lowest BCUT2D eigenvalue weighted by Crippen LogP contribution is -2.40. The predicted molar refractivity (Wildman–Crippen MR) is 119 cm³/mol. The first-order valence-electron chi connectivity index (χ1n) is 10.7. The van der Waals surface area contributed by atoms with Crippen molar-refractivity contribution in [2.24, 2.45) is 0 Å². The van der Waals surface area contributed by atoms with Gasteiger partial charge in [-0.05, 0) is 56.5 Å². The second-order valence-electron chi connectivity index (χ2n) is 8.91. The minimum atomic E-state index is -1.13. The standard InChI is InChI=1S/C24H25N5O3/c1-14-10-15(2)20-17(11-14)12-25-29(20)19-8-9-28(13-19)21(30)16-4-6-18(7-5-16)24(3)22(31)26-23(32)27-24/h4-7,10-12,19H,8-9,13H2,1-3H3,(H2,26,27,31,32)/t19-,24-/m1/s1. The average molecular weight is 431 g/mol. The Balaban J connectivity index is 1.33. The monoisotopic (exact) mass is 431 g/mol. The molecule has 8 nitrogen and oxygen atoms in total. The SMILES string of the molecule is Cc1cc(C)c2c(cnn2[C@@H]2CCN(C(=O)c3ccc([C@@]4(C)NC(=O)NC4=O)cc3)C2)c1. The molecule has 0 saturated carbocycles. The Labute approximate surface area is 185 Å². The summed E-state index contributed by atoms with van der Waals surface area (Å²) in [7, 11) is 0. The number of fused-ring (bicyclic) bond motifs is 1. The first-order chi connectivity index (χ1) is 15.3. The van der Waals surface area contributed by atoms with Crippen molar-refractivity contribution >= 4 is 28.7 Å². The summed E-state index contributed by atoms with van der Waals surface area (Å²) in [5.41, 5.74) is 3.59. The Morgan fingerprint density at radius 2 is 1.91 bits per heavy atom. The molecule has 0 radical (unpaired) electrons. The molecule has 0 bridgehead atoms. The van der Waals surface area contributed by atoms with Gasteiger partial charge in [-0.2, -0.15) is 5.10 Å². The molecular weight excluding hydrogens is 406 g/mol. The van der Waals surface area contributed by atoms with Gasteiger partial charge in [0.15, 0.2) is 0 Å². The van der Waals surface area contributed by atoms with Crippen LogP contribution in [0.15, 0.2) is 42.6 Å². The predicted octanol–water partition coefficient (Wildman–Crippen LogP) is 2.79. The normalized spacial score (nSPS) is 23.0. The summed E-state index contributed by atoms with van der Waals surface area (Å²) >= 11 is 0. The van der Waals surface area contributed by atoms with Gasteiger partial charge in [0.1, 0.15) is 5.54 Å². The summed E-state index contributed by atoms with van der Waals surface area (Å²) in [5.74, 6) is -0.450. The summed E-state index contributed by atoms with van der Waals surface area (Å²) in [4.78, 5) is 38.6. The first-order valence-corrected chi connectivity index (χ1v) is 10.7. The molecule has 3 aromatic rings. The maximum atomic E-state index is 13.1. The van der Waals surface area contributed by atoms with Gasteiger partial charge < -0.3 is 10.2 Å². The molecule has 2 N–H and O–H groups in total. The third kappa shape index (κ3) is 3.14. The number of nitrogens with one attached hydrogen (secondary N) is 2. The molecule has 3 heterocycles. The van der Waals surface area contributed by atoms with E-state index in [2.05, 4.69) is 46.4 Å². The summed E-state index contributed by atoms with van der Waals surface area (Å²) in [6.07, 6.45) is 2.75. The fraction of sp³-hybridized carbons (Fsp3) is 0.333. The molecule has 2 aromatic carbocycles. The summed E-state index contributed by atoms with van der Waals surface area (Å²) in [5, 5.41) is 10.6. The number of carbonyl (C=O) groups is 3. The first kappa shape index (κ1) is 20.2. The van der Waals surface area contributed by atoms with Crippen LogP contribution in [-0.2, 0) is 10.3 Å². The number of urea groups is 1. The van der Waals surface area contributed by atoms with Crippen LogP contribution >= 0.6 is 0 Å². The van der Waals surface area contributed by atoms with E-state index in [1.54, 1.807) is 31.2 Å². The molecular formula is C24H25N5O3. The molecule has 164 valence electrons. The van der Waals surface area contributed by atoms with Crippen LogP contribution in [0.5, 0.6) is 0 Å². The van der Waals surface area contributed by atoms with E-state index in [1.807, 2.05) is 11.1 Å². The Hall–Kier alpha value is -3.68. The third-order valence-electron chi connectivity index (χ3n) is 6.58. The van der Waals surface area contributed by atoms with Crippen molar-refractivity contribution in [3.8, 4) is 0 Å². The molecule has 1 aromatic heterocycles. The fourth-order valence-corrected chi connectivity index (χ4v) is 4.86. The Morgan fingerprint density at radius 1 is 1.16 bits per heavy atom. The van der Waals surface area contributed by atoms with Gasteiger partial charge in [-0.3, -0.25) is 19.6 Å². The summed E-state index contributed by atoms with van der Waals surface area (Å²) in [6, 6.07) is 10.8. The molecule has 32 heavy (non-hydrogen) atoms. The highest BCUT2D eigenvalue weighted by Crippen LogP contribution is 2.30. The molecule has 2 aliphatic rings. The van der Waals surface area contributed by atoms with Crippen molar-refractivity contribution in [1.82, 2.24) is 25.3 Å². The van der Waals surface area contributed by atoms with Crippen LogP contribution in [0.25, 0.3) is 10.9 Å². The van der Waals surface area contributed by atoms with Crippen LogP contribution in [0, 0.1) is 13.8 Å². The summed E-state index contributed by atoms with van der Waals surface area (Å²) < 4.78 is 2.06. The highest BCUT2D eigenvalue weighted by Gasteiger charge is 2.43. The second-order valence-corrected chi connectivity index (χ2v) is 8.91. The molecule has 4 amide bonds. The number of benzene rings is 2. The molecule has 2 aliphatic heterocycles. The summed E-state index contributed by atoms with van der Waals surface area (Å²) in [6.45, 7) is 7.08. The fourth-order valence-electron chi connectivity index (χ4n) is 4.86. The van der Waals surface area contributed by atoms with E-state index in [0.29, 0.717) is 24.2 Å². The van der Waals surface area contributed by atoms with E-state index in [9.17, 15) is 14.4 Å². The zero-order valence-corrected chi connectivity index (χ0v) is 18.3. The van der Waals surface area contributed by atoms with Gasteiger partial charge in [-0.1, -0.05) is 23.8 Å². The maximum absolute atomic E-state index is 13.1. The number of imide groups is 1. The van der Waals surface area contributed by atoms with Gasteiger partial charge in [-0.15, -0.1) is 0 Å². The van der Waals surface area contributed by atoms with E-state index < -0.39 is 17.5 Å². The number of hydrogen-bond acceptors (Lipinski definition) is 4. The maximum Gasteiger partial charge on any atom is 0.322 e. The van der Waals surface area contributed by atoms with Gasteiger partial charge in [-0.25, -0.2) is 4.79 Å². The van der Waals surface area contributed by atoms with E-state index in [-0.39, 0.29) is 11.9 Å². The zero-order chi connectivity index (χ0) is 22.6. The zero-order valence-electron chi connectivity index (χ0n) is 18.3. The van der Waals surface area contributed by atoms with Crippen molar-refractivity contribution in [1.29, 1.82) is 0 Å².